The van der Waals surface area contributed by atoms with Gasteiger partial charge in [-0.2, -0.15) is 0 Å². The SMILES string of the molecule is CC(C)(C)S(=O)(=O)CCCOC1CNC1. The Hall–Kier alpha value is -0.130. The third kappa shape index (κ3) is 3.74. The molecule has 0 aromatic heterocycles. The molecule has 0 spiro atoms. The van der Waals surface area contributed by atoms with Crippen molar-refractivity contribution in [2.45, 2.75) is 38.0 Å². The highest BCUT2D eigenvalue weighted by Crippen LogP contribution is 2.16. The van der Waals surface area contributed by atoms with E-state index in [2.05, 4.69) is 5.32 Å². The predicted octanol–water partition coefficient (Wildman–Crippen LogP) is 0.578. The Bertz CT molecular complexity index is 288. The van der Waals surface area contributed by atoms with Gasteiger partial charge in [-0.1, -0.05) is 0 Å². The highest BCUT2D eigenvalue weighted by Gasteiger charge is 2.28. The van der Waals surface area contributed by atoms with Gasteiger partial charge in [0.25, 0.3) is 0 Å². The van der Waals surface area contributed by atoms with Crippen LogP contribution in [-0.2, 0) is 14.6 Å². The van der Waals surface area contributed by atoms with Crippen molar-refractivity contribution in [3.63, 3.8) is 0 Å². The van der Waals surface area contributed by atoms with Crippen LogP contribution in [0.4, 0.5) is 0 Å². The maximum absolute atomic E-state index is 11.7. The number of hydrogen-bond acceptors (Lipinski definition) is 4. The van der Waals surface area contributed by atoms with Gasteiger partial charge in [0.05, 0.1) is 16.6 Å². The zero-order chi connectivity index (χ0) is 11.5. The molecule has 5 heteroatoms. The first-order valence-corrected chi connectivity index (χ1v) is 7.03. The summed E-state index contributed by atoms with van der Waals surface area (Å²) in [6, 6.07) is 0. The maximum atomic E-state index is 11.7. The summed E-state index contributed by atoms with van der Waals surface area (Å²) in [5.74, 6) is 0.219. The quantitative estimate of drug-likeness (QED) is 0.708. The molecule has 0 aliphatic carbocycles. The molecule has 1 heterocycles. The van der Waals surface area contributed by atoms with Gasteiger partial charge in [0, 0.05) is 19.7 Å². The molecule has 1 fully saturated rings. The Morgan fingerprint density at radius 2 is 1.93 bits per heavy atom. The summed E-state index contributed by atoms with van der Waals surface area (Å²) in [5, 5.41) is 3.10. The summed E-state index contributed by atoms with van der Waals surface area (Å²) in [5.41, 5.74) is 0. The number of ether oxygens (including phenoxy) is 1. The first kappa shape index (κ1) is 12.9. The van der Waals surface area contributed by atoms with Crippen LogP contribution in [0.1, 0.15) is 27.2 Å². The minimum absolute atomic E-state index is 0.219. The third-order valence-electron chi connectivity index (χ3n) is 2.59. The van der Waals surface area contributed by atoms with E-state index in [-0.39, 0.29) is 5.75 Å². The Balaban J connectivity index is 2.18. The summed E-state index contributed by atoms with van der Waals surface area (Å²) in [6.07, 6.45) is 0.887. The van der Waals surface area contributed by atoms with E-state index in [0.29, 0.717) is 19.1 Å². The van der Waals surface area contributed by atoms with Crippen molar-refractivity contribution in [1.82, 2.24) is 5.32 Å². The first-order valence-electron chi connectivity index (χ1n) is 5.37. The van der Waals surface area contributed by atoms with Crippen LogP contribution in [-0.4, -0.2) is 44.7 Å². The van der Waals surface area contributed by atoms with Gasteiger partial charge in [0.15, 0.2) is 9.84 Å². The second-order valence-corrected chi connectivity index (χ2v) is 7.80. The van der Waals surface area contributed by atoms with Crippen LogP contribution in [0.5, 0.6) is 0 Å². The van der Waals surface area contributed by atoms with E-state index >= 15 is 0 Å². The van der Waals surface area contributed by atoms with Crippen LogP contribution >= 0.6 is 0 Å². The van der Waals surface area contributed by atoms with Crippen molar-refractivity contribution in [3.8, 4) is 0 Å². The van der Waals surface area contributed by atoms with E-state index in [1.165, 1.54) is 0 Å². The van der Waals surface area contributed by atoms with Crippen molar-refractivity contribution in [3.05, 3.63) is 0 Å². The van der Waals surface area contributed by atoms with Crippen molar-refractivity contribution in [2.75, 3.05) is 25.4 Å². The lowest BCUT2D eigenvalue weighted by Gasteiger charge is -2.27. The molecule has 1 rings (SSSR count). The number of hydrogen-bond donors (Lipinski definition) is 1. The zero-order valence-electron chi connectivity index (χ0n) is 9.75. The largest absolute Gasteiger partial charge is 0.376 e. The van der Waals surface area contributed by atoms with Crippen LogP contribution in [0.3, 0.4) is 0 Å². The number of sulfone groups is 1. The second kappa shape index (κ2) is 4.80. The molecule has 0 bridgehead atoms. The molecular formula is C10H21NO3S. The van der Waals surface area contributed by atoms with Gasteiger partial charge in [0.1, 0.15) is 0 Å². The van der Waals surface area contributed by atoms with Gasteiger partial charge in [-0.25, -0.2) is 8.42 Å². The molecule has 0 aromatic rings. The van der Waals surface area contributed by atoms with Crippen LogP contribution < -0.4 is 5.32 Å². The second-order valence-electron chi connectivity index (χ2n) is 4.94. The smallest absolute Gasteiger partial charge is 0.155 e. The molecule has 90 valence electrons. The lowest BCUT2D eigenvalue weighted by atomic mass is 10.2. The van der Waals surface area contributed by atoms with Gasteiger partial charge in [-0.15, -0.1) is 0 Å². The lowest BCUT2D eigenvalue weighted by molar-refractivity contribution is 0.0196. The highest BCUT2D eigenvalue weighted by atomic mass is 32.2. The molecule has 0 amide bonds. The lowest BCUT2D eigenvalue weighted by Crippen LogP contribution is -2.48. The van der Waals surface area contributed by atoms with E-state index in [1.54, 1.807) is 20.8 Å². The molecule has 1 N–H and O–H groups in total. The first-order chi connectivity index (χ1) is 6.83. The fourth-order valence-electron chi connectivity index (χ4n) is 1.19. The van der Waals surface area contributed by atoms with Gasteiger partial charge in [0.2, 0.25) is 0 Å². The summed E-state index contributed by atoms with van der Waals surface area (Å²) in [6.45, 7) is 7.54. The molecular weight excluding hydrogens is 214 g/mol. The summed E-state index contributed by atoms with van der Waals surface area (Å²) in [4.78, 5) is 0. The monoisotopic (exact) mass is 235 g/mol. The fraction of sp³-hybridized carbons (Fsp3) is 1.00. The zero-order valence-corrected chi connectivity index (χ0v) is 10.6. The predicted molar refractivity (Wildman–Crippen MR) is 60.8 cm³/mol. The van der Waals surface area contributed by atoms with E-state index < -0.39 is 14.6 Å². The maximum Gasteiger partial charge on any atom is 0.155 e. The van der Waals surface area contributed by atoms with Crippen LogP contribution in [0.15, 0.2) is 0 Å². The number of rotatable bonds is 5. The third-order valence-corrected chi connectivity index (χ3v) is 5.28. The van der Waals surface area contributed by atoms with Crippen molar-refractivity contribution >= 4 is 9.84 Å². The Kier molecular flexibility index (Phi) is 4.14. The van der Waals surface area contributed by atoms with Crippen LogP contribution in [0, 0.1) is 0 Å². The molecule has 0 unspecified atom stereocenters. The van der Waals surface area contributed by atoms with Crippen LogP contribution in [0.25, 0.3) is 0 Å². The topological polar surface area (TPSA) is 55.4 Å². The molecule has 1 aliphatic heterocycles. The molecule has 0 aromatic carbocycles. The number of nitrogens with one attached hydrogen (secondary N) is 1. The van der Waals surface area contributed by atoms with Crippen LogP contribution in [0.2, 0.25) is 0 Å². The van der Waals surface area contributed by atoms with Gasteiger partial charge >= 0.3 is 0 Å². The Labute approximate surface area is 92.3 Å². The van der Waals surface area contributed by atoms with Gasteiger partial charge in [-0.3, -0.25) is 0 Å². The fourth-order valence-corrected chi connectivity index (χ4v) is 2.30. The summed E-state index contributed by atoms with van der Waals surface area (Å²) < 4.78 is 28.2. The van der Waals surface area contributed by atoms with Gasteiger partial charge < -0.3 is 10.1 Å². The van der Waals surface area contributed by atoms with Gasteiger partial charge in [-0.05, 0) is 27.2 Å². The van der Waals surface area contributed by atoms with E-state index in [9.17, 15) is 8.42 Å². The minimum Gasteiger partial charge on any atom is -0.376 e. The van der Waals surface area contributed by atoms with E-state index in [0.717, 1.165) is 13.1 Å². The molecule has 1 saturated heterocycles. The standard InChI is InChI=1S/C10H21NO3S/c1-10(2,3)15(12,13)6-4-5-14-9-7-11-8-9/h9,11H,4-8H2,1-3H3. The molecule has 15 heavy (non-hydrogen) atoms. The average molecular weight is 235 g/mol. The molecule has 0 saturated carbocycles. The molecule has 0 atom stereocenters. The van der Waals surface area contributed by atoms with Crippen molar-refractivity contribution < 1.29 is 13.2 Å². The highest BCUT2D eigenvalue weighted by molar-refractivity contribution is 7.92. The molecule has 0 radical (unpaired) electrons. The Morgan fingerprint density at radius 1 is 1.33 bits per heavy atom. The molecule has 1 aliphatic rings. The normalized spacial score (nSPS) is 18.9. The summed E-state index contributed by atoms with van der Waals surface area (Å²) >= 11 is 0. The minimum atomic E-state index is -2.98. The van der Waals surface area contributed by atoms with Crippen molar-refractivity contribution in [2.24, 2.45) is 0 Å². The van der Waals surface area contributed by atoms with E-state index in [4.69, 9.17) is 4.74 Å². The summed E-state index contributed by atoms with van der Waals surface area (Å²) in [7, 11) is -2.98. The average Bonchev–Trinajstić information content (AvgIpc) is 1.98. The van der Waals surface area contributed by atoms with E-state index in [1.807, 2.05) is 0 Å². The van der Waals surface area contributed by atoms with Crippen molar-refractivity contribution in [1.29, 1.82) is 0 Å². The molecule has 4 nitrogen and oxygen atoms in total. The Morgan fingerprint density at radius 3 is 2.33 bits per heavy atom.